The van der Waals surface area contributed by atoms with Crippen LogP contribution in [-0.4, -0.2) is 22.2 Å². The van der Waals surface area contributed by atoms with Crippen molar-refractivity contribution in [1.29, 1.82) is 0 Å². The highest BCUT2D eigenvalue weighted by Crippen LogP contribution is 2.25. The Morgan fingerprint density at radius 1 is 1.35 bits per heavy atom. The molecule has 0 radical (unpaired) electrons. The topological polar surface area (TPSA) is 81.0 Å². The van der Waals surface area contributed by atoms with Gasteiger partial charge in [-0.25, -0.2) is 0 Å². The van der Waals surface area contributed by atoms with Crippen LogP contribution in [0.5, 0.6) is 0 Å². The predicted molar refractivity (Wildman–Crippen MR) is 64.8 cm³/mol. The van der Waals surface area contributed by atoms with Crippen molar-refractivity contribution in [1.82, 2.24) is 15.5 Å². The summed E-state index contributed by atoms with van der Waals surface area (Å²) in [4.78, 5) is 10.1. The predicted octanol–water partition coefficient (Wildman–Crippen LogP) is 1.83. The number of non-ortho nitro benzene ring substituents is 1. The molecule has 0 atom stereocenters. The molecule has 0 saturated carbocycles. The van der Waals surface area contributed by atoms with Crippen molar-refractivity contribution < 1.29 is 4.92 Å². The summed E-state index contributed by atoms with van der Waals surface area (Å²) < 4.78 is 0. The normalized spacial score (nSPS) is 10.4. The number of benzene rings is 1. The van der Waals surface area contributed by atoms with Crippen LogP contribution < -0.4 is 5.32 Å². The lowest BCUT2D eigenvalue weighted by molar-refractivity contribution is -0.384. The van der Waals surface area contributed by atoms with Crippen molar-refractivity contribution in [3.05, 3.63) is 39.4 Å². The minimum atomic E-state index is -0.420. The molecule has 1 aromatic carbocycles. The first-order valence-corrected chi connectivity index (χ1v) is 5.74. The molecular formula is C10H10N4O2S. The average Bonchev–Trinajstić information content (AvgIpc) is 2.78. The fourth-order valence-electron chi connectivity index (χ4n) is 1.32. The van der Waals surface area contributed by atoms with Crippen molar-refractivity contribution in [2.24, 2.45) is 0 Å². The van der Waals surface area contributed by atoms with E-state index in [4.69, 9.17) is 0 Å². The third-order valence-electron chi connectivity index (χ3n) is 2.12. The Labute approximate surface area is 101 Å². The highest BCUT2D eigenvalue weighted by Gasteiger charge is 2.08. The lowest BCUT2D eigenvalue weighted by Crippen LogP contribution is -2.04. The number of aromatic nitrogens is 2. The number of hydrogen-bond acceptors (Lipinski definition) is 6. The molecule has 0 amide bonds. The third-order valence-corrected chi connectivity index (χ3v) is 3.09. The van der Waals surface area contributed by atoms with Crippen molar-refractivity contribution in [2.75, 3.05) is 7.05 Å². The minimum absolute atomic E-state index is 0.0775. The number of nitro benzene ring substituents is 1. The molecule has 0 aliphatic rings. The van der Waals surface area contributed by atoms with Gasteiger partial charge in [0.05, 0.1) is 4.92 Å². The quantitative estimate of drug-likeness (QED) is 0.661. The summed E-state index contributed by atoms with van der Waals surface area (Å²) in [6.45, 7) is 0.671. The highest BCUT2D eigenvalue weighted by molar-refractivity contribution is 7.14. The first kappa shape index (κ1) is 11.6. The SMILES string of the molecule is CNCc1nnc(-c2ccc([N+](=O)[O-])cc2)s1. The molecule has 0 saturated heterocycles. The minimum Gasteiger partial charge on any atom is -0.313 e. The van der Waals surface area contributed by atoms with E-state index < -0.39 is 4.92 Å². The van der Waals surface area contributed by atoms with Crippen molar-refractivity contribution in [2.45, 2.75) is 6.54 Å². The number of rotatable bonds is 4. The molecule has 0 aliphatic heterocycles. The molecule has 1 N–H and O–H groups in total. The van der Waals surface area contributed by atoms with Crippen molar-refractivity contribution in [3.8, 4) is 10.6 Å². The van der Waals surface area contributed by atoms with Gasteiger partial charge < -0.3 is 5.32 Å². The molecule has 17 heavy (non-hydrogen) atoms. The maximum atomic E-state index is 10.5. The Balaban J connectivity index is 2.23. The van der Waals surface area contributed by atoms with Crippen LogP contribution in [0, 0.1) is 10.1 Å². The lowest BCUT2D eigenvalue weighted by atomic mass is 10.2. The second kappa shape index (κ2) is 4.98. The summed E-state index contributed by atoms with van der Waals surface area (Å²) in [6, 6.07) is 6.30. The van der Waals surface area contributed by atoms with Gasteiger partial charge in [-0.2, -0.15) is 0 Å². The fourth-order valence-corrected chi connectivity index (χ4v) is 2.18. The van der Waals surface area contributed by atoms with Gasteiger partial charge in [-0.1, -0.05) is 11.3 Å². The van der Waals surface area contributed by atoms with E-state index in [1.807, 2.05) is 7.05 Å². The van der Waals surface area contributed by atoms with Gasteiger partial charge in [0.25, 0.3) is 5.69 Å². The smallest absolute Gasteiger partial charge is 0.269 e. The van der Waals surface area contributed by atoms with Crippen LogP contribution in [0.1, 0.15) is 5.01 Å². The molecule has 6 nitrogen and oxygen atoms in total. The molecule has 2 rings (SSSR count). The summed E-state index contributed by atoms with van der Waals surface area (Å²) in [5.74, 6) is 0. The Hall–Kier alpha value is -1.86. The standard InChI is InChI=1S/C10H10N4O2S/c1-11-6-9-12-13-10(17-9)7-2-4-8(5-3-7)14(15)16/h2-5,11H,6H2,1H3. The van der Waals surface area contributed by atoms with E-state index in [-0.39, 0.29) is 5.69 Å². The lowest BCUT2D eigenvalue weighted by Gasteiger charge is -1.94. The van der Waals surface area contributed by atoms with E-state index in [0.29, 0.717) is 6.54 Å². The summed E-state index contributed by atoms with van der Waals surface area (Å²) >= 11 is 1.47. The summed E-state index contributed by atoms with van der Waals surface area (Å²) in [5, 5.41) is 23.2. The summed E-state index contributed by atoms with van der Waals surface area (Å²) in [6.07, 6.45) is 0. The molecule has 0 aliphatic carbocycles. The number of nitrogens with zero attached hydrogens (tertiary/aromatic N) is 3. The number of nitro groups is 1. The van der Waals surface area contributed by atoms with Gasteiger partial charge in [-0.05, 0) is 19.2 Å². The fraction of sp³-hybridized carbons (Fsp3) is 0.200. The van der Waals surface area contributed by atoms with Crippen LogP contribution in [0.2, 0.25) is 0 Å². The van der Waals surface area contributed by atoms with Gasteiger partial charge in [0.15, 0.2) is 0 Å². The molecule has 7 heteroatoms. The van der Waals surface area contributed by atoms with Crippen LogP contribution in [0.4, 0.5) is 5.69 Å². The molecule has 0 bridgehead atoms. The van der Waals surface area contributed by atoms with Crippen LogP contribution >= 0.6 is 11.3 Å². The van der Waals surface area contributed by atoms with Crippen LogP contribution in [0.15, 0.2) is 24.3 Å². The number of hydrogen-bond donors (Lipinski definition) is 1. The summed E-state index contributed by atoms with van der Waals surface area (Å²) in [5.41, 5.74) is 0.921. The van der Waals surface area contributed by atoms with Crippen LogP contribution in [0.25, 0.3) is 10.6 Å². The molecule has 0 fully saturated rings. The Morgan fingerprint density at radius 3 is 2.65 bits per heavy atom. The van der Waals surface area contributed by atoms with Gasteiger partial charge in [0, 0.05) is 24.2 Å². The highest BCUT2D eigenvalue weighted by atomic mass is 32.1. The maximum Gasteiger partial charge on any atom is 0.269 e. The van der Waals surface area contributed by atoms with E-state index in [9.17, 15) is 10.1 Å². The van der Waals surface area contributed by atoms with Gasteiger partial charge in [-0.15, -0.1) is 10.2 Å². The second-order valence-corrected chi connectivity index (χ2v) is 4.40. The zero-order chi connectivity index (χ0) is 12.3. The molecule has 88 valence electrons. The van der Waals surface area contributed by atoms with Gasteiger partial charge in [0.1, 0.15) is 10.0 Å². The van der Waals surface area contributed by atoms with Crippen LogP contribution in [-0.2, 0) is 6.54 Å². The Morgan fingerprint density at radius 2 is 2.06 bits per heavy atom. The molecule has 0 spiro atoms. The van der Waals surface area contributed by atoms with Crippen LogP contribution in [0.3, 0.4) is 0 Å². The zero-order valence-corrected chi connectivity index (χ0v) is 9.90. The molecule has 2 aromatic rings. The molecule has 0 unspecified atom stereocenters. The van der Waals surface area contributed by atoms with E-state index >= 15 is 0 Å². The zero-order valence-electron chi connectivity index (χ0n) is 9.08. The van der Waals surface area contributed by atoms with Gasteiger partial charge in [0.2, 0.25) is 0 Å². The van der Waals surface area contributed by atoms with E-state index in [2.05, 4.69) is 15.5 Å². The first-order valence-electron chi connectivity index (χ1n) is 4.92. The average molecular weight is 250 g/mol. The van der Waals surface area contributed by atoms with Gasteiger partial charge >= 0.3 is 0 Å². The van der Waals surface area contributed by atoms with Crippen molar-refractivity contribution in [3.63, 3.8) is 0 Å². The van der Waals surface area contributed by atoms with Crippen molar-refractivity contribution >= 4 is 17.0 Å². The Bertz CT molecular complexity index is 523. The summed E-state index contributed by atoms with van der Waals surface area (Å²) in [7, 11) is 1.84. The molecule has 1 aromatic heterocycles. The van der Waals surface area contributed by atoms with E-state index in [0.717, 1.165) is 15.6 Å². The molecular weight excluding hydrogens is 240 g/mol. The van der Waals surface area contributed by atoms with Gasteiger partial charge in [-0.3, -0.25) is 10.1 Å². The number of nitrogens with one attached hydrogen (secondary N) is 1. The van der Waals surface area contributed by atoms with E-state index in [1.165, 1.54) is 23.5 Å². The maximum absolute atomic E-state index is 10.5. The monoisotopic (exact) mass is 250 g/mol. The third kappa shape index (κ3) is 2.63. The molecule has 1 heterocycles. The second-order valence-electron chi connectivity index (χ2n) is 3.34. The first-order chi connectivity index (χ1) is 8.20. The largest absolute Gasteiger partial charge is 0.313 e. The van der Waals surface area contributed by atoms with E-state index in [1.54, 1.807) is 12.1 Å². The Kier molecular flexibility index (Phi) is 3.40.